The van der Waals surface area contributed by atoms with Crippen molar-refractivity contribution in [3.8, 4) is 11.8 Å². The quantitative estimate of drug-likeness (QED) is 0.692. The Hall–Kier alpha value is -1.77. The van der Waals surface area contributed by atoms with Gasteiger partial charge in [0.2, 0.25) is 0 Å². The molecule has 0 bridgehead atoms. The van der Waals surface area contributed by atoms with Crippen LogP contribution >= 0.6 is 11.8 Å². The highest BCUT2D eigenvalue weighted by atomic mass is 32.2. The minimum Gasteiger partial charge on any atom is -0.440 e. The van der Waals surface area contributed by atoms with Gasteiger partial charge < -0.3 is 10.2 Å². The van der Waals surface area contributed by atoms with E-state index >= 15 is 0 Å². The molecule has 0 unspecified atom stereocenters. The zero-order valence-corrected chi connectivity index (χ0v) is 11.3. The SMILES string of the molecule is Cc1coc(SCc2ccc(C#CCN)cc2F)n1. The van der Waals surface area contributed by atoms with Crippen LogP contribution in [0, 0.1) is 24.6 Å². The molecule has 0 fully saturated rings. The van der Waals surface area contributed by atoms with E-state index in [2.05, 4.69) is 16.8 Å². The van der Waals surface area contributed by atoms with Crippen molar-refractivity contribution < 1.29 is 8.81 Å². The molecule has 0 aliphatic rings. The van der Waals surface area contributed by atoms with Crippen molar-refractivity contribution in [3.63, 3.8) is 0 Å². The van der Waals surface area contributed by atoms with Crippen LogP contribution < -0.4 is 5.73 Å². The first-order chi connectivity index (χ1) is 9.19. The Kier molecular flexibility index (Phi) is 4.61. The molecule has 1 aromatic carbocycles. The number of nitrogens with zero attached hydrogens (tertiary/aromatic N) is 1. The maximum atomic E-state index is 13.8. The van der Waals surface area contributed by atoms with E-state index < -0.39 is 0 Å². The number of aryl methyl sites for hydroxylation is 1. The largest absolute Gasteiger partial charge is 0.440 e. The number of halogens is 1. The van der Waals surface area contributed by atoms with Crippen molar-refractivity contribution in [3.05, 3.63) is 47.1 Å². The summed E-state index contributed by atoms with van der Waals surface area (Å²) in [6.45, 7) is 2.11. The first kappa shape index (κ1) is 13.7. The Balaban J connectivity index is 2.05. The standard InChI is InChI=1S/C14H13FN2OS/c1-10-8-18-14(17-10)19-9-12-5-4-11(3-2-6-16)7-13(12)15/h4-5,7-8H,6,9,16H2,1H3. The lowest BCUT2D eigenvalue weighted by molar-refractivity contribution is 0.454. The number of oxazole rings is 1. The second-order valence-corrected chi connectivity index (χ2v) is 4.78. The number of aromatic nitrogens is 1. The minimum atomic E-state index is -0.278. The van der Waals surface area contributed by atoms with Crippen LogP contribution in [-0.4, -0.2) is 11.5 Å². The van der Waals surface area contributed by atoms with Gasteiger partial charge in [-0.2, -0.15) is 0 Å². The number of thioether (sulfide) groups is 1. The van der Waals surface area contributed by atoms with Crippen LogP contribution in [-0.2, 0) is 5.75 Å². The number of rotatable bonds is 3. The molecule has 1 aromatic heterocycles. The molecule has 3 nitrogen and oxygen atoms in total. The van der Waals surface area contributed by atoms with E-state index in [0.717, 1.165) is 5.69 Å². The van der Waals surface area contributed by atoms with Crippen LogP contribution in [0.5, 0.6) is 0 Å². The molecule has 1 heterocycles. The normalized spacial score (nSPS) is 10.1. The average molecular weight is 276 g/mol. The van der Waals surface area contributed by atoms with Crippen LogP contribution in [0.25, 0.3) is 0 Å². The molecule has 5 heteroatoms. The Labute approximate surface area is 115 Å². The summed E-state index contributed by atoms with van der Waals surface area (Å²) in [5.74, 6) is 5.68. The van der Waals surface area contributed by atoms with Crippen molar-refractivity contribution in [2.75, 3.05) is 6.54 Å². The van der Waals surface area contributed by atoms with E-state index in [1.807, 2.05) is 6.92 Å². The molecule has 0 atom stereocenters. The molecule has 2 aromatic rings. The van der Waals surface area contributed by atoms with Crippen molar-refractivity contribution in [2.45, 2.75) is 17.9 Å². The van der Waals surface area contributed by atoms with E-state index in [1.54, 1.807) is 18.4 Å². The van der Waals surface area contributed by atoms with E-state index in [-0.39, 0.29) is 12.4 Å². The number of hydrogen-bond donors (Lipinski definition) is 1. The van der Waals surface area contributed by atoms with Gasteiger partial charge in [0.15, 0.2) is 0 Å². The van der Waals surface area contributed by atoms with Gasteiger partial charge in [-0.15, -0.1) is 0 Å². The second-order valence-electron chi connectivity index (χ2n) is 3.86. The van der Waals surface area contributed by atoms with E-state index in [1.165, 1.54) is 17.8 Å². The van der Waals surface area contributed by atoms with Crippen LogP contribution in [0.3, 0.4) is 0 Å². The van der Waals surface area contributed by atoms with Crippen LogP contribution in [0.15, 0.2) is 34.1 Å². The van der Waals surface area contributed by atoms with Gasteiger partial charge >= 0.3 is 0 Å². The van der Waals surface area contributed by atoms with Crippen molar-refractivity contribution in [2.24, 2.45) is 5.73 Å². The summed E-state index contributed by atoms with van der Waals surface area (Å²) in [4.78, 5) is 4.15. The third-order valence-electron chi connectivity index (χ3n) is 2.34. The highest BCUT2D eigenvalue weighted by Crippen LogP contribution is 2.23. The van der Waals surface area contributed by atoms with Crippen LogP contribution in [0.1, 0.15) is 16.8 Å². The average Bonchev–Trinajstić information content (AvgIpc) is 2.81. The molecule has 0 saturated heterocycles. The van der Waals surface area contributed by atoms with Gasteiger partial charge in [-0.25, -0.2) is 9.37 Å². The van der Waals surface area contributed by atoms with Gasteiger partial charge in [-0.1, -0.05) is 29.7 Å². The second kappa shape index (κ2) is 6.41. The van der Waals surface area contributed by atoms with E-state index in [4.69, 9.17) is 10.2 Å². The van der Waals surface area contributed by atoms with Crippen molar-refractivity contribution in [1.82, 2.24) is 4.98 Å². The molecule has 0 saturated carbocycles. The van der Waals surface area contributed by atoms with Crippen molar-refractivity contribution >= 4 is 11.8 Å². The molecule has 2 rings (SSSR count). The lowest BCUT2D eigenvalue weighted by Crippen LogP contribution is -1.94. The molecule has 19 heavy (non-hydrogen) atoms. The summed E-state index contributed by atoms with van der Waals surface area (Å²) in [5.41, 5.74) is 7.31. The highest BCUT2D eigenvalue weighted by molar-refractivity contribution is 7.98. The summed E-state index contributed by atoms with van der Waals surface area (Å²) in [5, 5.41) is 0.545. The molecule has 98 valence electrons. The van der Waals surface area contributed by atoms with Gasteiger partial charge in [-0.05, 0) is 24.6 Å². The number of nitrogens with two attached hydrogens (primary N) is 1. The fourth-order valence-electron chi connectivity index (χ4n) is 1.43. The molecule has 0 spiro atoms. The Bertz CT molecular complexity index is 628. The van der Waals surface area contributed by atoms with Crippen LogP contribution in [0.4, 0.5) is 4.39 Å². The monoisotopic (exact) mass is 276 g/mol. The maximum absolute atomic E-state index is 13.8. The fourth-order valence-corrected chi connectivity index (χ4v) is 2.27. The fraction of sp³-hybridized carbons (Fsp3) is 0.214. The summed E-state index contributed by atoms with van der Waals surface area (Å²) in [7, 11) is 0. The smallest absolute Gasteiger partial charge is 0.256 e. The molecule has 0 radical (unpaired) electrons. The van der Waals surface area contributed by atoms with Gasteiger partial charge in [-0.3, -0.25) is 0 Å². The third-order valence-corrected chi connectivity index (χ3v) is 3.23. The summed E-state index contributed by atoms with van der Waals surface area (Å²) < 4.78 is 19.0. The van der Waals surface area contributed by atoms with Crippen molar-refractivity contribution in [1.29, 1.82) is 0 Å². The predicted molar refractivity (Wildman–Crippen MR) is 73.1 cm³/mol. The summed E-state index contributed by atoms with van der Waals surface area (Å²) in [6.07, 6.45) is 1.57. The van der Waals surface area contributed by atoms with E-state index in [0.29, 0.717) is 22.1 Å². The first-order valence-corrected chi connectivity index (χ1v) is 6.70. The Morgan fingerprint density at radius 1 is 1.47 bits per heavy atom. The van der Waals surface area contributed by atoms with Gasteiger partial charge in [0.05, 0.1) is 12.2 Å². The molecule has 2 N–H and O–H groups in total. The summed E-state index contributed by atoms with van der Waals surface area (Å²) in [6, 6.07) is 4.92. The third kappa shape index (κ3) is 3.85. The lowest BCUT2D eigenvalue weighted by Gasteiger charge is -2.01. The lowest BCUT2D eigenvalue weighted by atomic mass is 10.1. The van der Waals surface area contributed by atoms with Gasteiger partial charge in [0.25, 0.3) is 5.22 Å². The Morgan fingerprint density at radius 3 is 2.95 bits per heavy atom. The number of benzene rings is 1. The van der Waals surface area contributed by atoms with E-state index in [9.17, 15) is 4.39 Å². The predicted octanol–water partition coefficient (Wildman–Crippen LogP) is 2.72. The molecule has 0 aliphatic carbocycles. The molecule has 0 amide bonds. The van der Waals surface area contributed by atoms with Crippen LogP contribution in [0.2, 0.25) is 0 Å². The molecular weight excluding hydrogens is 263 g/mol. The molecule has 0 aliphatic heterocycles. The zero-order valence-electron chi connectivity index (χ0n) is 10.4. The summed E-state index contributed by atoms with van der Waals surface area (Å²) >= 11 is 1.36. The minimum absolute atomic E-state index is 0.267. The topological polar surface area (TPSA) is 52.0 Å². The zero-order chi connectivity index (χ0) is 13.7. The van der Waals surface area contributed by atoms with Gasteiger partial charge in [0, 0.05) is 11.3 Å². The maximum Gasteiger partial charge on any atom is 0.256 e. The first-order valence-electron chi connectivity index (χ1n) is 5.71. The Morgan fingerprint density at radius 2 is 2.32 bits per heavy atom. The molecular formula is C14H13FN2OS. The van der Waals surface area contributed by atoms with Gasteiger partial charge in [0.1, 0.15) is 12.1 Å². The number of hydrogen-bond acceptors (Lipinski definition) is 4. The highest BCUT2D eigenvalue weighted by Gasteiger charge is 2.06.